The molecule has 9 nitrogen and oxygen atoms in total. The molecule has 118 valence electrons. The van der Waals surface area contributed by atoms with Crippen molar-refractivity contribution in [3.63, 3.8) is 0 Å². The van der Waals surface area contributed by atoms with Crippen LogP contribution >= 0.6 is 11.3 Å². The normalized spacial score (nSPS) is 17.8. The van der Waals surface area contributed by atoms with E-state index in [1.807, 2.05) is 0 Å². The van der Waals surface area contributed by atoms with Crippen molar-refractivity contribution < 1.29 is 4.79 Å². The molecule has 4 rings (SSSR count). The Bertz CT molecular complexity index is 1030. The number of carbonyl (C=O) groups excluding carboxylic acids is 1. The molecule has 0 aromatic carbocycles. The second-order valence-corrected chi connectivity index (χ2v) is 6.25. The number of aromatic nitrogens is 5. The number of thiophene rings is 1. The summed E-state index contributed by atoms with van der Waals surface area (Å²) in [5.41, 5.74) is -0.363. The molecule has 1 aliphatic heterocycles. The molecule has 23 heavy (non-hydrogen) atoms. The first kappa shape index (κ1) is 13.9. The van der Waals surface area contributed by atoms with Crippen LogP contribution in [0, 0.1) is 6.92 Å². The Morgan fingerprint density at radius 1 is 1.26 bits per heavy atom. The summed E-state index contributed by atoms with van der Waals surface area (Å²) in [5, 5.41) is 11.8. The van der Waals surface area contributed by atoms with Gasteiger partial charge in [-0.15, -0.1) is 4.80 Å². The summed E-state index contributed by atoms with van der Waals surface area (Å²) in [5.74, 6) is -0.307. The molecule has 2 N–H and O–H groups in total. The SMILES string of the molecule is Cc1c(-n2nccn2)sc2[nH]c(=O)n([C@H]3CCNC3=O)c(=O)c12. The smallest absolute Gasteiger partial charge is 0.330 e. The molecular weight excluding hydrogens is 320 g/mol. The molecule has 0 saturated carbocycles. The summed E-state index contributed by atoms with van der Waals surface area (Å²) in [6.45, 7) is 2.23. The molecule has 4 heterocycles. The lowest BCUT2D eigenvalue weighted by atomic mass is 10.2. The maximum absolute atomic E-state index is 12.8. The highest BCUT2D eigenvalue weighted by atomic mass is 32.1. The fraction of sp³-hybridized carbons (Fsp3) is 0.308. The van der Waals surface area contributed by atoms with E-state index in [9.17, 15) is 14.4 Å². The molecule has 0 radical (unpaired) electrons. The number of amides is 1. The Labute approximate surface area is 132 Å². The predicted octanol–water partition coefficient (Wildman–Crippen LogP) is -0.299. The first-order valence-electron chi connectivity index (χ1n) is 7.00. The lowest BCUT2D eigenvalue weighted by molar-refractivity contribution is -0.122. The molecule has 1 aliphatic rings. The van der Waals surface area contributed by atoms with Crippen molar-refractivity contribution >= 4 is 27.5 Å². The third kappa shape index (κ3) is 1.95. The van der Waals surface area contributed by atoms with E-state index in [2.05, 4.69) is 20.5 Å². The van der Waals surface area contributed by atoms with Gasteiger partial charge in [-0.2, -0.15) is 10.2 Å². The molecule has 0 spiro atoms. The van der Waals surface area contributed by atoms with Crippen LogP contribution in [0.1, 0.15) is 18.0 Å². The van der Waals surface area contributed by atoms with Crippen LogP contribution in [0.15, 0.2) is 22.0 Å². The van der Waals surface area contributed by atoms with Gasteiger partial charge in [-0.05, 0) is 13.3 Å². The Kier molecular flexibility index (Phi) is 2.94. The fourth-order valence-electron chi connectivity index (χ4n) is 2.84. The van der Waals surface area contributed by atoms with Gasteiger partial charge < -0.3 is 5.32 Å². The summed E-state index contributed by atoms with van der Waals surface area (Å²) >= 11 is 1.23. The first-order valence-corrected chi connectivity index (χ1v) is 7.82. The third-order valence-electron chi connectivity index (χ3n) is 3.93. The average Bonchev–Trinajstić information content (AvgIpc) is 3.21. The number of H-pyrrole nitrogens is 1. The third-order valence-corrected chi connectivity index (χ3v) is 5.10. The Balaban J connectivity index is 2.01. The highest BCUT2D eigenvalue weighted by Gasteiger charge is 2.30. The van der Waals surface area contributed by atoms with E-state index in [1.165, 1.54) is 28.5 Å². The van der Waals surface area contributed by atoms with Gasteiger partial charge in [0.1, 0.15) is 15.9 Å². The lowest BCUT2D eigenvalue weighted by Crippen LogP contribution is -2.40. The molecule has 0 aliphatic carbocycles. The van der Waals surface area contributed by atoms with Crippen molar-refractivity contribution in [3.8, 4) is 5.00 Å². The second kappa shape index (κ2) is 4.88. The monoisotopic (exact) mass is 332 g/mol. The molecule has 0 bridgehead atoms. The number of hydrogen-bond acceptors (Lipinski definition) is 6. The zero-order valence-electron chi connectivity index (χ0n) is 12.1. The minimum absolute atomic E-state index is 0.307. The first-order chi connectivity index (χ1) is 11.1. The number of nitrogens with zero attached hydrogens (tertiary/aromatic N) is 4. The molecule has 1 saturated heterocycles. The molecule has 1 fully saturated rings. The van der Waals surface area contributed by atoms with Crippen molar-refractivity contribution in [3.05, 3.63) is 38.8 Å². The van der Waals surface area contributed by atoms with Gasteiger partial charge in [-0.1, -0.05) is 11.3 Å². The number of fused-ring (bicyclic) bond motifs is 1. The number of aryl methyl sites for hydroxylation is 1. The zero-order chi connectivity index (χ0) is 16.1. The summed E-state index contributed by atoms with van der Waals surface area (Å²) in [7, 11) is 0. The molecular formula is C13H12N6O3S. The van der Waals surface area contributed by atoms with Gasteiger partial charge >= 0.3 is 5.69 Å². The van der Waals surface area contributed by atoms with Crippen molar-refractivity contribution in [2.45, 2.75) is 19.4 Å². The van der Waals surface area contributed by atoms with Gasteiger partial charge in [0.05, 0.1) is 17.8 Å². The van der Waals surface area contributed by atoms with E-state index >= 15 is 0 Å². The second-order valence-electron chi connectivity index (χ2n) is 5.26. The van der Waals surface area contributed by atoms with E-state index in [1.54, 1.807) is 6.92 Å². The van der Waals surface area contributed by atoms with Crippen LogP contribution in [0.5, 0.6) is 0 Å². The quantitative estimate of drug-likeness (QED) is 0.669. The van der Waals surface area contributed by atoms with Gasteiger partial charge in [-0.25, -0.2) is 9.36 Å². The van der Waals surface area contributed by atoms with Crippen LogP contribution in [0.25, 0.3) is 15.2 Å². The summed E-state index contributed by atoms with van der Waals surface area (Å²) < 4.78 is 1.00. The van der Waals surface area contributed by atoms with Gasteiger partial charge in [0, 0.05) is 12.1 Å². The fourth-order valence-corrected chi connectivity index (χ4v) is 3.94. The van der Waals surface area contributed by atoms with Gasteiger partial charge in [0.25, 0.3) is 5.56 Å². The Morgan fingerprint density at radius 2 is 2.00 bits per heavy atom. The standard InChI is InChI=1S/C13H12N6O3S/c1-6-8-10(23-12(6)19-15-4-5-16-19)17-13(22)18(11(8)21)7-2-3-14-9(7)20/h4-5,7H,2-3H2,1H3,(H,14,20)(H,17,22)/t7-/m0/s1. The number of hydrogen-bond donors (Lipinski definition) is 2. The maximum atomic E-state index is 12.8. The van der Waals surface area contributed by atoms with Crippen LogP contribution in [-0.2, 0) is 4.79 Å². The average molecular weight is 332 g/mol. The van der Waals surface area contributed by atoms with Gasteiger partial charge in [0.15, 0.2) is 0 Å². The van der Waals surface area contributed by atoms with Crippen LogP contribution in [0.4, 0.5) is 0 Å². The van der Waals surface area contributed by atoms with Gasteiger partial charge in [0.2, 0.25) is 5.91 Å². The van der Waals surface area contributed by atoms with Crippen molar-refractivity contribution in [1.82, 2.24) is 29.9 Å². The van der Waals surface area contributed by atoms with E-state index in [0.717, 1.165) is 4.57 Å². The summed E-state index contributed by atoms with van der Waals surface area (Å²) in [6, 6.07) is -0.763. The van der Waals surface area contributed by atoms with E-state index in [0.29, 0.717) is 33.7 Å². The largest absolute Gasteiger partial charge is 0.354 e. The topological polar surface area (TPSA) is 115 Å². The highest BCUT2D eigenvalue weighted by Crippen LogP contribution is 2.29. The molecule has 1 amide bonds. The van der Waals surface area contributed by atoms with Crippen LogP contribution in [0.3, 0.4) is 0 Å². The molecule has 3 aromatic heterocycles. The van der Waals surface area contributed by atoms with E-state index in [4.69, 9.17) is 0 Å². The number of aromatic amines is 1. The minimum atomic E-state index is -0.763. The molecule has 3 aromatic rings. The predicted molar refractivity (Wildman–Crippen MR) is 83.0 cm³/mol. The minimum Gasteiger partial charge on any atom is -0.354 e. The molecule has 10 heteroatoms. The lowest BCUT2D eigenvalue weighted by Gasteiger charge is -2.09. The summed E-state index contributed by atoms with van der Waals surface area (Å²) in [4.78, 5) is 41.5. The zero-order valence-corrected chi connectivity index (χ0v) is 12.9. The Morgan fingerprint density at radius 3 is 2.65 bits per heavy atom. The number of rotatable bonds is 2. The van der Waals surface area contributed by atoms with Crippen molar-refractivity contribution in [2.24, 2.45) is 0 Å². The van der Waals surface area contributed by atoms with Gasteiger partial charge in [-0.3, -0.25) is 14.6 Å². The Hall–Kier alpha value is -2.75. The van der Waals surface area contributed by atoms with Crippen LogP contribution < -0.4 is 16.6 Å². The van der Waals surface area contributed by atoms with Crippen LogP contribution in [-0.4, -0.2) is 37.0 Å². The van der Waals surface area contributed by atoms with E-state index < -0.39 is 17.3 Å². The van der Waals surface area contributed by atoms with Crippen molar-refractivity contribution in [1.29, 1.82) is 0 Å². The van der Waals surface area contributed by atoms with Crippen molar-refractivity contribution in [2.75, 3.05) is 6.54 Å². The maximum Gasteiger partial charge on any atom is 0.330 e. The van der Waals surface area contributed by atoms with Crippen LogP contribution in [0.2, 0.25) is 0 Å². The van der Waals surface area contributed by atoms with E-state index in [-0.39, 0.29) is 5.91 Å². The molecule has 1 atom stereocenters. The summed E-state index contributed by atoms with van der Waals surface area (Å²) in [6.07, 6.45) is 3.49. The number of carbonyl (C=O) groups is 1. The molecule has 0 unspecified atom stereocenters. The number of nitrogens with one attached hydrogen (secondary N) is 2. The highest BCUT2D eigenvalue weighted by molar-refractivity contribution is 7.21.